The Kier molecular flexibility index (Phi) is 6.97. The lowest BCUT2D eigenvalue weighted by molar-refractivity contribution is 0.0734. The molecule has 7 heteroatoms. The number of ether oxygens (including phenoxy) is 3. The molecular formula is C19H24N2O5. The van der Waals surface area contributed by atoms with E-state index < -0.39 is 5.97 Å². The highest BCUT2D eigenvalue weighted by molar-refractivity contribution is 5.92. The second kappa shape index (κ2) is 9.19. The van der Waals surface area contributed by atoms with Gasteiger partial charge in [-0.2, -0.15) is 0 Å². The molecule has 0 saturated carbocycles. The van der Waals surface area contributed by atoms with Crippen LogP contribution in [0.4, 0.5) is 11.4 Å². The number of benzene rings is 2. The summed E-state index contributed by atoms with van der Waals surface area (Å²) in [4.78, 5) is 12.6. The second-order valence-corrected chi connectivity index (χ2v) is 5.84. The van der Waals surface area contributed by atoms with Crippen LogP contribution in [0, 0.1) is 0 Å². The summed E-state index contributed by atoms with van der Waals surface area (Å²) in [6.45, 7) is 0.617. The molecular weight excluding hydrogens is 336 g/mol. The van der Waals surface area contributed by atoms with Gasteiger partial charge in [0.05, 0.1) is 18.8 Å². The predicted octanol–water partition coefficient (Wildman–Crippen LogP) is 1.90. The van der Waals surface area contributed by atoms with Gasteiger partial charge in [-0.15, -0.1) is 0 Å². The van der Waals surface area contributed by atoms with Crippen molar-refractivity contribution >= 4 is 17.3 Å². The van der Waals surface area contributed by atoms with Gasteiger partial charge < -0.3 is 30.8 Å². The number of esters is 1. The third kappa shape index (κ3) is 4.95. The van der Waals surface area contributed by atoms with Crippen LogP contribution in [0.1, 0.15) is 27.0 Å². The van der Waals surface area contributed by atoms with Gasteiger partial charge >= 0.3 is 5.97 Å². The zero-order valence-corrected chi connectivity index (χ0v) is 15.0. The van der Waals surface area contributed by atoms with Crippen molar-refractivity contribution in [2.75, 3.05) is 32.3 Å². The average molecular weight is 360 g/mol. The number of methoxy groups -OCH3 is 2. The topological polar surface area (TPSA) is 117 Å². The monoisotopic (exact) mass is 360 g/mol. The van der Waals surface area contributed by atoms with E-state index in [1.807, 2.05) is 0 Å². The Morgan fingerprint density at radius 1 is 0.962 bits per heavy atom. The fourth-order valence-electron chi connectivity index (χ4n) is 2.74. The second-order valence-electron chi connectivity index (χ2n) is 5.84. The van der Waals surface area contributed by atoms with Gasteiger partial charge in [0.15, 0.2) is 0 Å². The molecule has 2 aromatic carbocycles. The minimum Gasteiger partial charge on any atom is -0.423 e. The molecule has 2 rings (SSSR count). The fraction of sp³-hybridized carbons (Fsp3) is 0.316. The predicted molar refractivity (Wildman–Crippen MR) is 98.9 cm³/mol. The lowest BCUT2D eigenvalue weighted by Gasteiger charge is -2.16. The number of hydrogen-bond donors (Lipinski definition) is 3. The maximum Gasteiger partial charge on any atom is 0.343 e. The highest BCUT2D eigenvalue weighted by Crippen LogP contribution is 2.24. The van der Waals surface area contributed by atoms with Crippen LogP contribution in [0.2, 0.25) is 0 Å². The molecule has 0 heterocycles. The molecule has 2 aromatic rings. The summed E-state index contributed by atoms with van der Waals surface area (Å²) in [5, 5.41) is 9.34. The van der Waals surface area contributed by atoms with Crippen LogP contribution in [0.15, 0.2) is 30.3 Å². The van der Waals surface area contributed by atoms with Crippen molar-refractivity contribution in [3.63, 3.8) is 0 Å². The minimum absolute atomic E-state index is 0.0482. The van der Waals surface area contributed by atoms with E-state index in [1.165, 1.54) is 12.1 Å². The highest BCUT2D eigenvalue weighted by atomic mass is 16.5. The van der Waals surface area contributed by atoms with Gasteiger partial charge in [0.25, 0.3) is 0 Å². The molecule has 0 fully saturated rings. The first-order chi connectivity index (χ1) is 12.5. The molecule has 5 N–H and O–H groups in total. The van der Waals surface area contributed by atoms with Crippen molar-refractivity contribution in [3.05, 3.63) is 52.6 Å². The number of anilines is 2. The molecule has 0 bridgehead atoms. The number of hydrogen-bond acceptors (Lipinski definition) is 7. The molecule has 0 saturated heterocycles. The van der Waals surface area contributed by atoms with E-state index in [-0.39, 0.29) is 12.4 Å². The quantitative estimate of drug-likeness (QED) is 0.374. The molecule has 7 nitrogen and oxygen atoms in total. The van der Waals surface area contributed by atoms with Crippen LogP contribution in [0.25, 0.3) is 0 Å². The fourth-order valence-corrected chi connectivity index (χ4v) is 2.74. The van der Waals surface area contributed by atoms with Crippen LogP contribution in [-0.2, 0) is 29.1 Å². The van der Waals surface area contributed by atoms with Gasteiger partial charge in [0, 0.05) is 44.3 Å². The highest BCUT2D eigenvalue weighted by Gasteiger charge is 2.17. The first-order valence-electron chi connectivity index (χ1n) is 8.10. The lowest BCUT2D eigenvalue weighted by Crippen LogP contribution is -2.13. The molecule has 0 aliphatic heterocycles. The number of carbonyl (C=O) groups excluding carboxylic acids is 1. The Bertz CT molecular complexity index is 729. The summed E-state index contributed by atoms with van der Waals surface area (Å²) in [5.41, 5.74) is 15.1. The Morgan fingerprint density at radius 3 is 2.15 bits per heavy atom. The molecule has 0 aliphatic carbocycles. The van der Waals surface area contributed by atoms with Crippen LogP contribution in [0.5, 0.6) is 5.75 Å². The Balaban J connectivity index is 2.38. The first-order valence-corrected chi connectivity index (χ1v) is 8.10. The Labute approximate surface area is 152 Å². The molecule has 0 radical (unpaired) electrons. The molecule has 0 aliphatic rings. The Morgan fingerprint density at radius 2 is 1.58 bits per heavy atom. The molecule has 26 heavy (non-hydrogen) atoms. The summed E-state index contributed by atoms with van der Waals surface area (Å²) >= 11 is 0. The van der Waals surface area contributed by atoms with Crippen LogP contribution >= 0.6 is 0 Å². The van der Waals surface area contributed by atoms with E-state index in [2.05, 4.69) is 0 Å². The van der Waals surface area contributed by atoms with Gasteiger partial charge in [-0.3, -0.25) is 0 Å². The first kappa shape index (κ1) is 19.7. The van der Waals surface area contributed by atoms with Gasteiger partial charge in [-0.05, 0) is 41.3 Å². The SMILES string of the molecule is COCc1cc(C(=O)Oc2cc(N)cc(N)c2)cc(CCO)c1COC. The minimum atomic E-state index is -0.546. The maximum atomic E-state index is 12.6. The molecule has 0 unspecified atom stereocenters. The van der Waals surface area contributed by atoms with Crippen molar-refractivity contribution in [2.24, 2.45) is 0 Å². The van der Waals surface area contributed by atoms with Crippen molar-refractivity contribution in [3.8, 4) is 5.75 Å². The van der Waals surface area contributed by atoms with Gasteiger partial charge in [-0.25, -0.2) is 4.79 Å². The number of aliphatic hydroxyl groups is 1. The molecule has 0 spiro atoms. The van der Waals surface area contributed by atoms with E-state index in [0.717, 1.165) is 16.7 Å². The normalized spacial score (nSPS) is 10.7. The summed E-state index contributed by atoms with van der Waals surface area (Å²) in [6, 6.07) is 8.03. The molecule has 0 atom stereocenters. The van der Waals surface area contributed by atoms with E-state index >= 15 is 0 Å². The van der Waals surface area contributed by atoms with Crippen LogP contribution in [0.3, 0.4) is 0 Å². The van der Waals surface area contributed by atoms with E-state index in [0.29, 0.717) is 36.6 Å². The van der Waals surface area contributed by atoms with E-state index in [4.69, 9.17) is 25.7 Å². The maximum absolute atomic E-state index is 12.6. The standard InChI is InChI=1S/C19H24N2O5/c1-24-10-14-6-13(5-12(3-4-22)18(14)11-25-2)19(23)26-17-8-15(20)7-16(21)9-17/h5-9,22H,3-4,10-11,20-21H2,1-2H3. The van der Waals surface area contributed by atoms with E-state index in [1.54, 1.807) is 32.4 Å². The molecule has 0 aromatic heterocycles. The zero-order valence-electron chi connectivity index (χ0n) is 15.0. The van der Waals surface area contributed by atoms with Gasteiger partial charge in [0.1, 0.15) is 5.75 Å². The third-order valence-electron chi connectivity index (χ3n) is 3.80. The zero-order chi connectivity index (χ0) is 19.1. The van der Waals surface area contributed by atoms with Crippen molar-refractivity contribution in [1.29, 1.82) is 0 Å². The number of carbonyl (C=O) groups is 1. The van der Waals surface area contributed by atoms with Crippen molar-refractivity contribution in [1.82, 2.24) is 0 Å². The lowest BCUT2D eigenvalue weighted by atomic mass is 9.96. The summed E-state index contributed by atoms with van der Waals surface area (Å²) in [6.07, 6.45) is 0.391. The van der Waals surface area contributed by atoms with Crippen molar-refractivity contribution < 1.29 is 24.1 Å². The largest absolute Gasteiger partial charge is 0.423 e. The van der Waals surface area contributed by atoms with E-state index in [9.17, 15) is 9.90 Å². The summed E-state index contributed by atoms with van der Waals surface area (Å²) in [5.74, 6) is -0.277. The summed E-state index contributed by atoms with van der Waals surface area (Å²) < 4.78 is 15.9. The smallest absolute Gasteiger partial charge is 0.343 e. The summed E-state index contributed by atoms with van der Waals surface area (Å²) in [7, 11) is 3.16. The number of nitrogens with two attached hydrogens (primary N) is 2. The molecule has 0 amide bonds. The molecule has 140 valence electrons. The van der Waals surface area contributed by atoms with Crippen LogP contribution < -0.4 is 16.2 Å². The number of aliphatic hydroxyl groups excluding tert-OH is 1. The van der Waals surface area contributed by atoms with Crippen molar-refractivity contribution in [2.45, 2.75) is 19.6 Å². The van der Waals surface area contributed by atoms with Gasteiger partial charge in [0.2, 0.25) is 0 Å². The Hall–Kier alpha value is -2.61. The van der Waals surface area contributed by atoms with Crippen LogP contribution in [-0.4, -0.2) is 31.9 Å². The van der Waals surface area contributed by atoms with Gasteiger partial charge in [-0.1, -0.05) is 0 Å². The number of nitrogen functional groups attached to an aromatic ring is 2. The average Bonchev–Trinajstić information content (AvgIpc) is 2.57. The third-order valence-corrected chi connectivity index (χ3v) is 3.80. The number of rotatable bonds is 8.